The summed E-state index contributed by atoms with van der Waals surface area (Å²) in [6.07, 6.45) is 1.48. The van der Waals surface area contributed by atoms with Crippen LogP contribution in [-0.4, -0.2) is 13.4 Å². The molecule has 1 aromatic carbocycles. The minimum absolute atomic E-state index is 0.119. The Hall–Kier alpha value is -1.24. The van der Waals surface area contributed by atoms with Crippen LogP contribution in [0.15, 0.2) is 45.1 Å². The first-order valence-electron chi connectivity index (χ1n) is 4.58. The van der Waals surface area contributed by atoms with Crippen LogP contribution in [0.2, 0.25) is 0 Å². The molecule has 0 amide bonds. The third kappa shape index (κ3) is 1.99. The zero-order chi connectivity index (χ0) is 11.6. The van der Waals surface area contributed by atoms with Crippen LogP contribution >= 0.6 is 11.3 Å². The van der Waals surface area contributed by atoms with Crippen molar-refractivity contribution in [1.82, 2.24) is 4.98 Å². The van der Waals surface area contributed by atoms with E-state index in [1.807, 2.05) is 0 Å². The second-order valence-corrected chi connectivity index (χ2v) is 6.17. The normalized spacial score (nSPS) is 11.6. The van der Waals surface area contributed by atoms with Gasteiger partial charge in [0.05, 0.1) is 4.90 Å². The van der Waals surface area contributed by atoms with E-state index in [-0.39, 0.29) is 9.24 Å². The van der Waals surface area contributed by atoms with Gasteiger partial charge in [-0.15, -0.1) is 11.3 Å². The van der Waals surface area contributed by atoms with Gasteiger partial charge in [0.1, 0.15) is 0 Å². The van der Waals surface area contributed by atoms with Crippen LogP contribution in [-0.2, 0) is 16.4 Å². The van der Waals surface area contributed by atoms with Crippen LogP contribution in [0, 0.1) is 0 Å². The highest BCUT2D eigenvalue weighted by molar-refractivity contribution is 7.93. The Bertz CT molecular complexity index is 559. The average molecular weight is 254 g/mol. The lowest BCUT2D eigenvalue weighted by Crippen LogP contribution is -2.02. The summed E-state index contributed by atoms with van der Waals surface area (Å²) >= 11 is 1.11. The Morgan fingerprint density at radius 2 is 1.94 bits per heavy atom. The van der Waals surface area contributed by atoms with E-state index < -0.39 is 9.84 Å². The summed E-state index contributed by atoms with van der Waals surface area (Å²) in [5, 5.41) is 1.64. The standard InChI is InChI=1S/C10H10N2O2S2/c11-7-8-1-3-9(4-2-8)16(13,14)10-12-5-6-15-10/h1-6H,7,11H2. The molecule has 2 aromatic rings. The third-order valence-corrected chi connectivity index (χ3v) is 5.08. The van der Waals surface area contributed by atoms with Gasteiger partial charge < -0.3 is 5.73 Å². The summed E-state index contributed by atoms with van der Waals surface area (Å²) < 4.78 is 24.1. The monoisotopic (exact) mass is 254 g/mol. The third-order valence-electron chi connectivity index (χ3n) is 2.11. The van der Waals surface area contributed by atoms with E-state index in [1.165, 1.54) is 6.20 Å². The van der Waals surface area contributed by atoms with Crippen molar-refractivity contribution in [2.75, 3.05) is 0 Å². The summed E-state index contributed by atoms with van der Waals surface area (Å²) in [5.74, 6) is 0. The van der Waals surface area contributed by atoms with Gasteiger partial charge in [0.2, 0.25) is 14.2 Å². The predicted octanol–water partition coefficient (Wildman–Crippen LogP) is 1.43. The molecule has 0 saturated carbocycles. The number of nitrogens with two attached hydrogens (primary N) is 1. The van der Waals surface area contributed by atoms with Crippen LogP contribution < -0.4 is 5.73 Å². The molecule has 2 rings (SSSR count). The predicted molar refractivity (Wildman–Crippen MR) is 61.9 cm³/mol. The molecule has 0 fully saturated rings. The topological polar surface area (TPSA) is 73.1 Å². The number of rotatable bonds is 3. The summed E-state index contributed by atoms with van der Waals surface area (Å²) in [6.45, 7) is 0.400. The van der Waals surface area contributed by atoms with Crippen molar-refractivity contribution in [2.45, 2.75) is 15.8 Å². The van der Waals surface area contributed by atoms with Gasteiger partial charge in [0.25, 0.3) is 0 Å². The number of aromatic nitrogens is 1. The molecule has 16 heavy (non-hydrogen) atoms. The van der Waals surface area contributed by atoms with Gasteiger partial charge in [-0.05, 0) is 17.7 Å². The van der Waals surface area contributed by atoms with E-state index in [4.69, 9.17) is 5.73 Å². The molecule has 0 atom stereocenters. The first kappa shape index (κ1) is 11.3. The summed E-state index contributed by atoms with van der Waals surface area (Å²) in [7, 11) is -3.45. The number of hydrogen-bond acceptors (Lipinski definition) is 5. The molecular formula is C10H10N2O2S2. The smallest absolute Gasteiger partial charge is 0.233 e. The molecule has 84 valence electrons. The number of benzene rings is 1. The zero-order valence-corrected chi connectivity index (χ0v) is 9.96. The summed E-state index contributed by atoms with van der Waals surface area (Å²) in [6, 6.07) is 6.53. The van der Waals surface area contributed by atoms with E-state index in [1.54, 1.807) is 29.6 Å². The molecule has 0 saturated heterocycles. The molecule has 6 heteroatoms. The maximum Gasteiger partial charge on any atom is 0.233 e. The highest BCUT2D eigenvalue weighted by atomic mass is 32.2. The molecule has 0 aliphatic rings. The van der Waals surface area contributed by atoms with Gasteiger partial charge in [-0.25, -0.2) is 13.4 Å². The van der Waals surface area contributed by atoms with Gasteiger partial charge in [0.15, 0.2) is 0 Å². The van der Waals surface area contributed by atoms with Crippen LogP contribution in [0.5, 0.6) is 0 Å². The molecule has 0 aliphatic carbocycles. The largest absolute Gasteiger partial charge is 0.326 e. The molecule has 0 aliphatic heterocycles. The Labute approximate surface area is 97.7 Å². The lowest BCUT2D eigenvalue weighted by Gasteiger charge is -2.01. The van der Waals surface area contributed by atoms with Gasteiger partial charge in [-0.3, -0.25) is 0 Å². The summed E-state index contributed by atoms with van der Waals surface area (Å²) in [4.78, 5) is 4.06. The molecule has 1 heterocycles. The average Bonchev–Trinajstić information content (AvgIpc) is 2.83. The number of sulfone groups is 1. The highest BCUT2D eigenvalue weighted by Gasteiger charge is 2.19. The van der Waals surface area contributed by atoms with Crippen molar-refractivity contribution in [3.05, 3.63) is 41.4 Å². The lowest BCUT2D eigenvalue weighted by atomic mass is 10.2. The van der Waals surface area contributed by atoms with Crippen molar-refractivity contribution in [3.8, 4) is 0 Å². The Kier molecular flexibility index (Phi) is 3.04. The molecule has 0 bridgehead atoms. The molecular weight excluding hydrogens is 244 g/mol. The number of nitrogens with zero attached hydrogens (tertiary/aromatic N) is 1. The lowest BCUT2D eigenvalue weighted by molar-refractivity contribution is 0.595. The molecule has 2 N–H and O–H groups in total. The van der Waals surface area contributed by atoms with E-state index in [2.05, 4.69) is 4.98 Å². The van der Waals surface area contributed by atoms with E-state index in [0.717, 1.165) is 16.9 Å². The minimum atomic E-state index is -3.45. The van der Waals surface area contributed by atoms with Crippen LogP contribution in [0.1, 0.15) is 5.56 Å². The van der Waals surface area contributed by atoms with Crippen molar-refractivity contribution in [1.29, 1.82) is 0 Å². The van der Waals surface area contributed by atoms with Crippen LogP contribution in [0.25, 0.3) is 0 Å². The van der Waals surface area contributed by atoms with E-state index in [0.29, 0.717) is 6.54 Å². The summed E-state index contributed by atoms with van der Waals surface area (Å²) in [5.41, 5.74) is 6.34. The van der Waals surface area contributed by atoms with Gasteiger partial charge in [-0.2, -0.15) is 0 Å². The molecule has 1 aromatic heterocycles. The van der Waals surface area contributed by atoms with Crippen molar-refractivity contribution >= 4 is 21.2 Å². The maximum absolute atomic E-state index is 12.0. The minimum Gasteiger partial charge on any atom is -0.326 e. The Balaban J connectivity index is 2.44. The van der Waals surface area contributed by atoms with Gasteiger partial charge in [0, 0.05) is 18.1 Å². The van der Waals surface area contributed by atoms with Crippen molar-refractivity contribution in [3.63, 3.8) is 0 Å². The fourth-order valence-corrected chi connectivity index (χ4v) is 3.47. The Morgan fingerprint density at radius 1 is 1.25 bits per heavy atom. The fraction of sp³-hybridized carbons (Fsp3) is 0.100. The maximum atomic E-state index is 12.0. The van der Waals surface area contributed by atoms with Crippen molar-refractivity contribution in [2.24, 2.45) is 5.73 Å². The number of hydrogen-bond donors (Lipinski definition) is 1. The quantitative estimate of drug-likeness (QED) is 0.899. The second-order valence-electron chi connectivity index (χ2n) is 3.15. The SMILES string of the molecule is NCc1ccc(S(=O)(=O)c2nccs2)cc1. The second kappa shape index (κ2) is 4.32. The van der Waals surface area contributed by atoms with E-state index in [9.17, 15) is 8.42 Å². The molecule has 0 spiro atoms. The zero-order valence-electron chi connectivity index (χ0n) is 8.33. The Morgan fingerprint density at radius 3 is 2.44 bits per heavy atom. The van der Waals surface area contributed by atoms with E-state index >= 15 is 0 Å². The van der Waals surface area contributed by atoms with Crippen LogP contribution in [0.3, 0.4) is 0 Å². The fourth-order valence-electron chi connectivity index (χ4n) is 1.25. The molecule has 0 radical (unpaired) electrons. The highest BCUT2D eigenvalue weighted by Crippen LogP contribution is 2.22. The first-order chi connectivity index (χ1) is 7.64. The molecule has 0 unspecified atom stereocenters. The first-order valence-corrected chi connectivity index (χ1v) is 6.94. The van der Waals surface area contributed by atoms with Gasteiger partial charge in [-0.1, -0.05) is 12.1 Å². The molecule has 4 nitrogen and oxygen atoms in total. The van der Waals surface area contributed by atoms with Crippen molar-refractivity contribution < 1.29 is 8.42 Å². The number of thiazole rings is 1. The van der Waals surface area contributed by atoms with Crippen LogP contribution in [0.4, 0.5) is 0 Å². The van der Waals surface area contributed by atoms with Gasteiger partial charge >= 0.3 is 0 Å².